The van der Waals surface area contributed by atoms with Gasteiger partial charge in [0.25, 0.3) is 0 Å². The van der Waals surface area contributed by atoms with Crippen LogP contribution in [0.5, 0.6) is 0 Å². The van der Waals surface area contributed by atoms with Gasteiger partial charge in [-0.2, -0.15) is 0 Å². The van der Waals surface area contributed by atoms with Crippen LogP contribution >= 0.6 is 0 Å². The second kappa shape index (κ2) is 10.3. The molecule has 2 rings (SSSR count). The summed E-state index contributed by atoms with van der Waals surface area (Å²) < 4.78 is 5.35. The minimum atomic E-state index is 0.758. The molecule has 0 aliphatic carbocycles. The normalized spacial score (nSPS) is 19.7. The van der Waals surface area contributed by atoms with Crippen molar-refractivity contribution in [1.82, 2.24) is 15.5 Å². The monoisotopic (exact) mass is 320 g/mol. The van der Waals surface area contributed by atoms with E-state index in [0.29, 0.717) is 0 Å². The zero-order valence-electron chi connectivity index (χ0n) is 14.7. The fourth-order valence-electron chi connectivity index (χ4n) is 3.21. The first kappa shape index (κ1) is 17.9. The molecule has 5 heteroatoms. The van der Waals surface area contributed by atoms with Crippen molar-refractivity contribution in [1.29, 1.82) is 0 Å². The molecule has 23 heavy (non-hydrogen) atoms. The summed E-state index contributed by atoms with van der Waals surface area (Å²) in [5.41, 5.74) is 0. The predicted octanol–water partition coefficient (Wildman–Crippen LogP) is 2.64. The molecule has 1 aliphatic heterocycles. The van der Waals surface area contributed by atoms with Crippen molar-refractivity contribution < 1.29 is 4.42 Å². The average molecular weight is 320 g/mol. The first-order valence-corrected chi connectivity index (χ1v) is 9.12. The number of nitrogens with one attached hydrogen (secondary N) is 2. The summed E-state index contributed by atoms with van der Waals surface area (Å²) in [5, 5.41) is 6.70. The maximum atomic E-state index is 5.35. The molecule has 2 N–H and O–H groups in total. The second-order valence-corrected chi connectivity index (χ2v) is 6.11. The zero-order valence-corrected chi connectivity index (χ0v) is 14.7. The highest BCUT2D eigenvalue weighted by molar-refractivity contribution is 5.79. The average Bonchev–Trinajstić information content (AvgIpc) is 3.08. The van der Waals surface area contributed by atoms with Crippen LogP contribution in [0.1, 0.15) is 45.3 Å². The Bertz CT molecular complexity index is 444. The quantitative estimate of drug-likeness (QED) is 0.571. The third-order valence-corrected chi connectivity index (χ3v) is 4.47. The van der Waals surface area contributed by atoms with Crippen LogP contribution in [0, 0.1) is 0 Å². The van der Waals surface area contributed by atoms with E-state index in [0.717, 1.165) is 50.4 Å². The van der Waals surface area contributed by atoms with Crippen LogP contribution < -0.4 is 10.6 Å². The van der Waals surface area contributed by atoms with Gasteiger partial charge in [0.1, 0.15) is 5.76 Å². The molecule has 5 nitrogen and oxygen atoms in total. The molecule has 1 unspecified atom stereocenters. The molecule has 1 fully saturated rings. The van der Waals surface area contributed by atoms with E-state index < -0.39 is 0 Å². The second-order valence-electron chi connectivity index (χ2n) is 6.11. The van der Waals surface area contributed by atoms with Gasteiger partial charge >= 0.3 is 0 Å². The number of aliphatic imine (C=N–C) groups is 1. The van der Waals surface area contributed by atoms with Crippen molar-refractivity contribution in [3.8, 4) is 0 Å². The highest BCUT2D eigenvalue weighted by atomic mass is 16.3. The van der Waals surface area contributed by atoms with E-state index in [1.807, 2.05) is 12.1 Å². The highest BCUT2D eigenvalue weighted by Crippen LogP contribution is 2.18. The molecule has 0 saturated carbocycles. The largest absolute Gasteiger partial charge is 0.469 e. The SMILES string of the molecule is CCNC(=NCCN1CCCCC1CC)NCCc1ccco1. The Hall–Kier alpha value is -1.49. The molecule has 0 bridgehead atoms. The number of likely N-dealkylation sites (tertiary alicyclic amines) is 1. The molecule has 0 spiro atoms. The number of guanidine groups is 1. The summed E-state index contributed by atoms with van der Waals surface area (Å²) in [5.74, 6) is 1.91. The first-order chi connectivity index (χ1) is 11.3. The molecule has 2 heterocycles. The Morgan fingerprint density at radius 2 is 2.26 bits per heavy atom. The van der Waals surface area contributed by atoms with E-state index in [4.69, 9.17) is 9.41 Å². The van der Waals surface area contributed by atoms with Crippen LogP contribution in [0.3, 0.4) is 0 Å². The van der Waals surface area contributed by atoms with E-state index in [9.17, 15) is 0 Å². The van der Waals surface area contributed by atoms with Gasteiger partial charge in [0.2, 0.25) is 0 Å². The first-order valence-electron chi connectivity index (χ1n) is 9.12. The summed E-state index contributed by atoms with van der Waals surface area (Å²) in [7, 11) is 0. The molecule has 1 aliphatic rings. The maximum Gasteiger partial charge on any atom is 0.191 e. The van der Waals surface area contributed by atoms with Crippen LogP contribution in [0.4, 0.5) is 0 Å². The van der Waals surface area contributed by atoms with Gasteiger partial charge in [-0.05, 0) is 44.9 Å². The number of nitrogens with zero attached hydrogens (tertiary/aromatic N) is 2. The van der Waals surface area contributed by atoms with Gasteiger partial charge in [-0.25, -0.2) is 0 Å². The van der Waals surface area contributed by atoms with Crippen LogP contribution in [-0.2, 0) is 6.42 Å². The topological polar surface area (TPSA) is 52.8 Å². The van der Waals surface area contributed by atoms with Crippen molar-refractivity contribution in [2.24, 2.45) is 4.99 Å². The molecule has 1 atom stereocenters. The standard InChI is InChI=1S/C18H32N4O/c1-3-16-8-5-6-13-22(16)14-12-21-18(19-4-2)20-11-10-17-9-7-15-23-17/h7,9,15-16H,3-6,8,10-14H2,1-2H3,(H2,19,20,21). The van der Waals surface area contributed by atoms with E-state index >= 15 is 0 Å². The molecule has 1 aromatic rings. The molecule has 1 aromatic heterocycles. The summed E-state index contributed by atoms with van der Waals surface area (Å²) in [6, 6.07) is 4.69. The molecule has 0 radical (unpaired) electrons. The van der Waals surface area contributed by atoms with Crippen LogP contribution in [0.15, 0.2) is 27.8 Å². The fraction of sp³-hybridized carbons (Fsp3) is 0.722. The Morgan fingerprint density at radius 3 is 3.00 bits per heavy atom. The lowest BCUT2D eigenvalue weighted by Gasteiger charge is -2.34. The van der Waals surface area contributed by atoms with Crippen molar-refractivity contribution in [2.45, 2.75) is 52.0 Å². The Morgan fingerprint density at radius 1 is 1.35 bits per heavy atom. The lowest BCUT2D eigenvalue weighted by Crippen LogP contribution is -2.42. The van der Waals surface area contributed by atoms with Gasteiger partial charge in [0, 0.05) is 32.1 Å². The third-order valence-electron chi connectivity index (χ3n) is 4.47. The van der Waals surface area contributed by atoms with E-state index in [-0.39, 0.29) is 0 Å². The zero-order chi connectivity index (χ0) is 16.3. The van der Waals surface area contributed by atoms with Crippen LogP contribution in [-0.4, -0.2) is 49.6 Å². The van der Waals surface area contributed by atoms with Crippen molar-refractivity contribution in [3.63, 3.8) is 0 Å². The molecule has 0 aromatic carbocycles. The maximum absolute atomic E-state index is 5.35. The number of rotatable bonds is 8. The minimum Gasteiger partial charge on any atom is -0.469 e. The summed E-state index contributed by atoms with van der Waals surface area (Å²) in [6.07, 6.45) is 7.92. The molecular formula is C18H32N4O. The fourth-order valence-corrected chi connectivity index (χ4v) is 3.21. The van der Waals surface area contributed by atoms with Crippen molar-refractivity contribution in [2.75, 3.05) is 32.7 Å². The Labute approximate surface area is 140 Å². The number of hydrogen-bond donors (Lipinski definition) is 2. The third kappa shape index (κ3) is 6.26. The van der Waals surface area contributed by atoms with Gasteiger partial charge in [-0.15, -0.1) is 0 Å². The van der Waals surface area contributed by atoms with E-state index in [1.54, 1.807) is 6.26 Å². The summed E-state index contributed by atoms with van der Waals surface area (Å²) in [4.78, 5) is 7.33. The molecule has 130 valence electrons. The number of furan rings is 1. The van der Waals surface area contributed by atoms with Gasteiger partial charge in [0.05, 0.1) is 12.8 Å². The molecule has 1 saturated heterocycles. The summed E-state index contributed by atoms with van der Waals surface area (Å²) in [6.45, 7) is 9.26. The lowest BCUT2D eigenvalue weighted by atomic mass is 10.0. The molecular weight excluding hydrogens is 288 g/mol. The van der Waals surface area contributed by atoms with Crippen LogP contribution in [0.25, 0.3) is 0 Å². The van der Waals surface area contributed by atoms with Crippen LogP contribution in [0.2, 0.25) is 0 Å². The predicted molar refractivity (Wildman–Crippen MR) is 95.9 cm³/mol. The Balaban J connectivity index is 1.73. The summed E-state index contributed by atoms with van der Waals surface area (Å²) >= 11 is 0. The number of piperidine rings is 1. The molecule has 0 amide bonds. The van der Waals surface area contributed by atoms with Gasteiger partial charge < -0.3 is 15.1 Å². The minimum absolute atomic E-state index is 0.758. The van der Waals surface area contributed by atoms with E-state index in [2.05, 4.69) is 29.4 Å². The van der Waals surface area contributed by atoms with Crippen molar-refractivity contribution in [3.05, 3.63) is 24.2 Å². The Kier molecular flexibility index (Phi) is 8.01. The van der Waals surface area contributed by atoms with Gasteiger partial charge in [-0.3, -0.25) is 9.89 Å². The highest BCUT2D eigenvalue weighted by Gasteiger charge is 2.19. The number of hydrogen-bond acceptors (Lipinski definition) is 3. The van der Waals surface area contributed by atoms with Gasteiger partial charge in [0.15, 0.2) is 5.96 Å². The van der Waals surface area contributed by atoms with E-state index in [1.165, 1.54) is 32.2 Å². The van der Waals surface area contributed by atoms with Crippen molar-refractivity contribution >= 4 is 5.96 Å². The lowest BCUT2D eigenvalue weighted by molar-refractivity contribution is 0.148. The van der Waals surface area contributed by atoms with Gasteiger partial charge in [-0.1, -0.05) is 13.3 Å². The smallest absolute Gasteiger partial charge is 0.191 e.